The number of hydrogen-bond acceptors (Lipinski definition) is 3. The van der Waals surface area contributed by atoms with E-state index in [1.165, 1.54) is 0 Å². The van der Waals surface area contributed by atoms with Crippen LogP contribution >= 0.6 is 0 Å². The van der Waals surface area contributed by atoms with E-state index >= 15 is 0 Å². The van der Waals surface area contributed by atoms with Crippen LogP contribution in [0.15, 0.2) is 23.1 Å². The van der Waals surface area contributed by atoms with Crippen molar-refractivity contribution in [2.24, 2.45) is 0 Å². The zero-order valence-corrected chi connectivity index (χ0v) is 12.4. The van der Waals surface area contributed by atoms with E-state index < -0.39 is 10.0 Å². The molecule has 5 heteroatoms. The van der Waals surface area contributed by atoms with E-state index in [1.54, 1.807) is 6.07 Å². The average Bonchev–Trinajstić information content (AvgIpc) is 2.60. The fraction of sp³-hybridized carbons (Fsp3) is 0.571. The monoisotopic (exact) mass is 282 g/mol. The highest BCUT2D eigenvalue weighted by molar-refractivity contribution is 7.89. The fourth-order valence-electron chi connectivity index (χ4n) is 2.40. The Kier molecular flexibility index (Phi) is 4.60. The summed E-state index contributed by atoms with van der Waals surface area (Å²) in [6, 6.07) is 5.52. The van der Waals surface area contributed by atoms with Crippen LogP contribution in [0.1, 0.15) is 30.4 Å². The minimum atomic E-state index is -3.42. The van der Waals surface area contributed by atoms with Gasteiger partial charge in [0.05, 0.1) is 4.90 Å². The summed E-state index contributed by atoms with van der Waals surface area (Å²) in [5.41, 5.74) is 1.75. The highest BCUT2D eigenvalue weighted by Gasteiger charge is 2.22. The van der Waals surface area contributed by atoms with Gasteiger partial charge in [-0.05, 0) is 50.4 Å². The summed E-state index contributed by atoms with van der Waals surface area (Å²) in [7, 11) is -3.42. The quantitative estimate of drug-likeness (QED) is 0.887. The maximum absolute atomic E-state index is 12.4. The minimum absolute atomic E-state index is 0.00703. The van der Waals surface area contributed by atoms with Gasteiger partial charge < -0.3 is 5.32 Å². The maximum Gasteiger partial charge on any atom is 0.241 e. The number of sulfonamides is 1. The molecule has 2 N–H and O–H groups in total. The summed E-state index contributed by atoms with van der Waals surface area (Å²) in [6.45, 7) is 5.43. The van der Waals surface area contributed by atoms with Crippen LogP contribution in [-0.2, 0) is 10.0 Å². The summed E-state index contributed by atoms with van der Waals surface area (Å²) in [4.78, 5) is 0.400. The van der Waals surface area contributed by atoms with Gasteiger partial charge in [0.2, 0.25) is 10.0 Å². The Balaban J connectivity index is 2.19. The molecule has 0 spiro atoms. The number of nitrogens with one attached hydrogen (secondary N) is 2. The molecule has 1 fully saturated rings. The van der Waals surface area contributed by atoms with Crippen LogP contribution in [0.3, 0.4) is 0 Å². The third kappa shape index (κ3) is 3.78. The van der Waals surface area contributed by atoms with E-state index in [2.05, 4.69) is 10.0 Å². The summed E-state index contributed by atoms with van der Waals surface area (Å²) < 4.78 is 27.7. The van der Waals surface area contributed by atoms with Crippen molar-refractivity contribution in [1.82, 2.24) is 10.0 Å². The molecule has 106 valence electrons. The lowest BCUT2D eigenvalue weighted by Crippen LogP contribution is -2.40. The van der Waals surface area contributed by atoms with Crippen LogP contribution in [0.5, 0.6) is 0 Å². The SMILES string of the molecule is Cc1ccc(C)c(S(=O)(=O)NC2CCCCNC2)c1. The van der Waals surface area contributed by atoms with E-state index in [9.17, 15) is 8.42 Å². The molecular weight excluding hydrogens is 260 g/mol. The zero-order valence-electron chi connectivity index (χ0n) is 11.6. The Morgan fingerprint density at radius 2 is 2.05 bits per heavy atom. The first-order valence-corrected chi connectivity index (χ1v) is 8.28. The molecule has 0 bridgehead atoms. The first-order chi connectivity index (χ1) is 8.99. The molecule has 1 saturated heterocycles. The van der Waals surface area contributed by atoms with Crippen molar-refractivity contribution >= 4 is 10.0 Å². The topological polar surface area (TPSA) is 58.2 Å². The molecule has 1 unspecified atom stereocenters. The highest BCUT2D eigenvalue weighted by Crippen LogP contribution is 2.18. The first-order valence-electron chi connectivity index (χ1n) is 6.79. The number of benzene rings is 1. The van der Waals surface area contributed by atoms with Crippen LogP contribution < -0.4 is 10.0 Å². The molecule has 0 saturated carbocycles. The van der Waals surface area contributed by atoms with E-state index in [0.717, 1.165) is 36.9 Å². The van der Waals surface area contributed by atoms with E-state index in [1.807, 2.05) is 26.0 Å². The molecular formula is C14H22N2O2S. The molecule has 1 aromatic carbocycles. The van der Waals surface area contributed by atoms with Crippen LogP contribution in [0.2, 0.25) is 0 Å². The fourth-order valence-corrected chi connectivity index (χ4v) is 4.00. The first kappa shape index (κ1) is 14.5. The third-order valence-corrected chi connectivity index (χ3v) is 5.16. The lowest BCUT2D eigenvalue weighted by Gasteiger charge is -2.17. The zero-order chi connectivity index (χ0) is 13.9. The van der Waals surface area contributed by atoms with E-state index in [4.69, 9.17) is 0 Å². The maximum atomic E-state index is 12.4. The second kappa shape index (κ2) is 6.03. The highest BCUT2D eigenvalue weighted by atomic mass is 32.2. The number of hydrogen-bond donors (Lipinski definition) is 2. The Labute approximate surface area is 115 Å². The van der Waals surface area contributed by atoms with Gasteiger partial charge in [0.25, 0.3) is 0 Å². The van der Waals surface area contributed by atoms with Crippen LogP contribution in [0.25, 0.3) is 0 Å². The molecule has 0 aromatic heterocycles. The molecule has 4 nitrogen and oxygen atoms in total. The molecule has 1 aromatic rings. The van der Waals surface area contributed by atoms with Crippen molar-refractivity contribution in [3.8, 4) is 0 Å². The number of rotatable bonds is 3. The molecule has 2 rings (SSSR count). The van der Waals surface area contributed by atoms with Gasteiger partial charge in [-0.3, -0.25) is 0 Å². The van der Waals surface area contributed by atoms with Gasteiger partial charge in [-0.25, -0.2) is 13.1 Å². The van der Waals surface area contributed by atoms with Gasteiger partial charge in [0.1, 0.15) is 0 Å². The van der Waals surface area contributed by atoms with Crippen molar-refractivity contribution < 1.29 is 8.42 Å². The minimum Gasteiger partial charge on any atom is -0.315 e. The molecule has 19 heavy (non-hydrogen) atoms. The summed E-state index contributed by atoms with van der Waals surface area (Å²) in [5, 5.41) is 3.27. The average molecular weight is 282 g/mol. The van der Waals surface area contributed by atoms with Gasteiger partial charge in [-0.1, -0.05) is 18.6 Å². The second-order valence-corrected chi connectivity index (χ2v) is 6.97. The number of aryl methyl sites for hydroxylation is 2. The van der Waals surface area contributed by atoms with Gasteiger partial charge >= 0.3 is 0 Å². The van der Waals surface area contributed by atoms with Crippen LogP contribution in [0.4, 0.5) is 0 Å². The van der Waals surface area contributed by atoms with Crippen molar-refractivity contribution in [2.75, 3.05) is 13.1 Å². The third-order valence-electron chi connectivity index (χ3n) is 3.50. The lowest BCUT2D eigenvalue weighted by atomic mass is 10.2. The molecule has 0 aliphatic carbocycles. The Morgan fingerprint density at radius 3 is 2.84 bits per heavy atom. The van der Waals surface area contributed by atoms with Crippen molar-refractivity contribution in [1.29, 1.82) is 0 Å². The van der Waals surface area contributed by atoms with Crippen molar-refractivity contribution in [2.45, 2.75) is 44.0 Å². The lowest BCUT2D eigenvalue weighted by molar-refractivity contribution is 0.521. The van der Waals surface area contributed by atoms with E-state index in [-0.39, 0.29) is 6.04 Å². The van der Waals surface area contributed by atoms with Gasteiger partial charge in [0.15, 0.2) is 0 Å². The van der Waals surface area contributed by atoms with Crippen LogP contribution in [-0.4, -0.2) is 27.5 Å². The predicted molar refractivity (Wildman–Crippen MR) is 76.7 cm³/mol. The molecule has 1 heterocycles. The standard InChI is InChI=1S/C14H22N2O2S/c1-11-6-7-12(2)14(9-11)19(17,18)16-13-5-3-4-8-15-10-13/h6-7,9,13,15-16H,3-5,8,10H2,1-2H3. The predicted octanol–water partition coefficient (Wildman–Crippen LogP) is 1.72. The molecule has 1 aliphatic heterocycles. The molecule has 0 radical (unpaired) electrons. The second-order valence-electron chi connectivity index (χ2n) is 5.29. The Morgan fingerprint density at radius 1 is 1.26 bits per heavy atom. The van der Waals surface area contributed by atoms with Gasteiger partial charge in [-0.15, -0.1) is 0 Å². The Bertz CT molecular complexity index is 532. The molecule has 1 atom stereocenters. The van der Waals surface area contributed by atoms with E-state index in [0.29, 0.717) is 11.4 Å². The van der Waals surface area contributed by atoms with Crippen molar-refractivity contribution in [3.05, 3.63) is 29.3 Å². The van der Waals surface area contributed by atoms with Crippen molar-refractivity contribution in [3.63, 3.8) is 0 Å². The largest absolute Gasteiger partial charge is 0.315 e. The smallest absolute Gasteiger partial charge is 0.241 e. The van der Waals surface area contributed by atoms with Gasteiger partial charge in [0, 0.05) is 12.6 Å². The summed E-state index contributed by atoms with van der Waals surface area (Å²) in [5.74, 6) is 0. The summed E-state index contributed by atoms with van der Waals surface area (Å²) >= 11 is 0. The normalized spacial score (nSPS) is 21.1. The molecule has 1 aliphatic rings. The summed E-state index contributed by atoms with van der Waals surface area (Å²) in [6.07, 6.45) is 3.08. The Hall–Kier alpha value is -0.910. The van der Waals surface area contributed by atoms with Gasteiger partial charge in [-0.2, -0.15) is 0 Å². The molecule has 0 amide bonds. The van der Waals surface area contributed by atoms with Crippen LogP contribution in [0, 0.1) is 13.8 Å².